The molecule has 1 N–H and O–H groups in total. The van der Waals surface area contributed by atoms with E-state index in [1.165, 1.54) is 0 Å². The molecule has 14 heavy (non-hydrogen) atoms. The van der Waals surface area contributed by atoms with Gasteiger partial charge >= 0.3 is 11.9 Å². The fourth-order valence-corrected chi connectivity index (χ4v) is 1.23. The van der Waals surface area contributed by atoms with E-state index in [0.29, 0.717) is 0 Å². The first-order valence-corrected chi connectivity index (χ1v) is 4.00. The molecule has 0 aromatic carbocycles. The van der Waals surface area contributed by atoms with Gasteiger partial charge in [0.15, 0.2) is 5.78 Å². The minimum atomic E-state index is -1.27. The molecule has 2 unspecified atom stereocenters. The first-order chi connectivity index (χ1) is 6.57. The number of Topliss-reactive ketones (excluding diaryl/α,β-unsaturated/α-hetero) is 1. The summed E-state index contributed by atoms with van der Waals surface area (Å²) in [7, 11) is 1.14. The highest BCUT2D eigenvalue weighted by Crippen LogP contribution is 2.17. The lowest BCUT2D eigenvalue weighted by Gasteiger charge is -2.23. The molecule has 0 spiro atoms. The maximum atomic E-state index is 11.4. The Morgan fingerprint density at radius 2 is 2.00 bits per heavy atom. The molecule has 0 saturated carbocycles. The maximum Gasteiger partial charge on any atom is 0.318 e. The van der Waals surface area contributed by atoms with Crippen LogP contribution in [0.25, 0.3) is 0 Å². The van der Waals surface area contributed by atoms with Crippen LogP contribution >= 0.6 is 0 Å². The van der Waals surface area contributed by atoms with Crippen molar-refractivity contribution in [3.63, 3.8) is 0 Å². The van der Waals surface area contributed by atoms with Crippen molar-refractivity contribution < 1.29 is 29.0 Å². The lowest BCUT2D eigenvalue weighted by Crippen LogP contribution is -2.44. The third-order valence-electron chi connectivity index (χ3n) is 2.04. The first kappa shape index (κ1) is 10.6. The number of carboxylic acids is 1. The van der Waals surface area contributed by atoms with Crippen LogP contribution in [0, 0.1) is 11.8 Å². The molecule has 1 aliphatic heterocycles. The molecule has 6 heteroatoms. The molecule has 0 radical (unpaired) electrons. The number of rotatable bonds is 2. The van der Waals surface area contributed by atoms with Crippen molar-refractivity contribution in [1.82, 2.24) is 0 Å². The number of hydrogen-bond acceptors (Lipinski definition) is 5. The van der Waals surface area contributed by atoms with E-state index in [9.17, 15) is 14.4 Å². The SMILES string of the molecule is COC(=O)C1COCC(C(=O)O)C1=O. The van der Waals surface area contributed by atoms with Gasteiger partial charge in [-0.2, -0.15) is 0 Å². The lowest BCUT2D eigenvalue weighted by molar-refractivity contribution is -0.163. The summed E-state index contributed by atoms with van der Waals surface area (Å²) < 4.78 is 9.20. The molecule has 0 aromatic rings. The number of ketones is 1. The van der Waals surface area contributed by atoms with Gasteiger partial charge in [0.1, 0.15) is 11.8 Å². The van der Waals surface area contributed by atoms with Crippen molar-refractivity contribution in [2.24, 2.45) is 11.8 Å². The summed E-state index contributed by atoms with van der Waals surface area (Å²) in [5.74, 6) is -5.03. The topological polar surface area (TPSA) is 89.9 Å². The first-order valence-electron chi connectivity index (χ1n) is 4.00. The fourth-order valence-electron chi connectivity index (χ4n) is 1.23. The highest BCUT2D eigenvalue weighted by molar-refractivity contribution is 6.08. The zero-order valence-electron chi connectivity index (χ0n) is 7.56. The number of hydrogen-bond donors (Lipinski definition) is 1. The molecule has 1 aliphatic rings. The van der Waals surface area contributed by atoms with Crippen molar-refractivity contribution in [3.05, 3.63) is 0 Å². The van der Waals surface area contributed by atoms with E-state index in [0.717, 1.165) is 7.11 Å². The Balaban J connectivity index is 2.76. The summed E-state index contributed by atoms with van der Waals surface area (Å²) in [6.07, 6.45) is 0. The largest absolute Gasteiger partial charge is 0.481 e. The minimum absolute atomic E-state index is 0.102. The van der Waals surface area contributed by atoms with Crippen molar-refractivity contribution in [1.29, 1.82) is 0 Å². The molecule has 0 aromatic heterocycles. The smallest absolute Gasteiger partial charge is 0.318 e. The highest BCUT2D eigenvalue weighted by Gasteiger charge is 2.41. The number of ether oxygens (including phenoxy) is 2. The second kappa shape index (κ2) is 4.19. The number of esters is 1. The van der Waals surface area contributed by atoms with Crippen LogP contribution in [0.1, 0.15) is 0 Å². The molecular weight excluding hydrogens is 192 g/mol. The van der Waals surface area contributed by atoms with Gasteiger partial charge in [0.25, 0.3) is 0 Å². The van der Waals surface area contributed by atoms with E-state index in [1.54, 1.807) is 0 Å². The second-order valence-electron chi connectivity index (χ2n) is 2.91. The number of methoxy groups -OCH3 is 1. The predicted octanol–water partition coefficient (Wildman–Crippen LogP) is -0.924. The van der Waals surface area contributed by atoms with Gasteiger partial charge in [-0.1, -0.05) is 0 Å². The van der Waals surface area contributed by atoms with Crippen LogP contribution in [0.4, 0.5) is 0 Å². The summed E-state index contributed by atoms with van der Waals surface area (Å²) in [5.41, 5.74) is 0. The van der Waals surface area contributed by atoms with Crippen molar-refractivity contribution in [2.75, 3.05) is 20.3 Å². The van der Waals surface area contributed by atoms with Gasteiger partial charge in [0.2, 0.25) is 0 Å². The molecule has 0 aliphatic carbocycles. The minimum Gasteiger partial charge on any atom is -0.481 e. The number of carboxylic acid groups (broad SMARTS) is 1. The molecule has 2 atom stereocenters. The molecule has 1 saturated heterocycles. The predicted molar refractivity (Wildman–Crippen MR) is 42.5 cm³/mol. The zero-order chi connectivity index (χ0) is 10.7. The van der Waals surface area contributed by atoms with Gasteiger partial charge in [-0.3, -0.25) is 14.4 Å². The standard InChI is InChI=1S/C8H10O6/c1-13-8(12)5-3-14-2-4(6(5)9)7(10)11/h4-5H,2-3H2,1H3,(H,10,11). The summed E-state index contributed by atoms with van der Waals surface area (Å²) in [4.78, 5) is 33.0. The van der Waals surface area contributed by atoms with E-state index >= 15 is 0 Å². The van der Waals surface area contributed by atoms with Gasteiger partial charge in [-0.15, -0.1) is 0 Å². The molecule has 6 nitrogen and oxygen atoms in total. The maximum absolute atomic E-state index is 11.4. The fraction of sp³-hybridized carbons (Fsp3) is 0.625. The molecule has 1 fully saturated rings. The Morgan fingerprint density at radius 1 is 1.43 bits per heavy atom. The third-order valence-corrected chi connectivity index (χ3v) is 2.04. The zero-order valence-corrected chi connectivity index (χ0v) is 7.56. The Morgan fingerprint density at radius 3 is 2.50 bits per heavy atom. The van der Waals surface area contributed by atoms with E-state index in [4.69, 9.17) is 9.84 Å². The lowest BCUT2D eigenvalue weighted by atomic mass is 9.91. The number of carbonyl (C=O) groups excluding carboxylic acids is 2. The molecular formula is C8H10O6. The Kier molecular flexibility index (Phi) is 3.19. The Hall–Kier alpha value is -1.43. The van der Waals surface area contributed by atoms with Gasteiger partial charge in [-0.05, 0) is 0 Å². The van der Waals surface area contributed by atoms with Crippen LogP contribution in [-0.4, -0.2) is 43.2 Å². The van der Waals surface area contributed by atoms with Crippen LogP contribution in [0.15, 0.2) is 0 Å². The van der Waals surface area contributed by atoms with Crippen LogP contribution < -0.4 is 0 Å². The quantitative estimate of drug-likeness (QED) is 0.460. The average Bonchev–Trinajstić information content (AvgIpc) is 2.16. The molecule has 1 heterocycles. The van der Waals surface area contributed by atoms with Gasteiger partial charge < -0.3 is 14.6 Å². The molecule has 78 valence electrons. The number of carbonyl (C=O) groups is 3. The molecule has 1 rings (SSSR count). The second-order valence-corrected chi connectivity index (χ2v) is 2.91. The van der Waals surface area contributed by atoms with E-state index < -0.39 is 29.6 Å². The molecule has 0 bridgehead atoms. The summed E-state index contributed by atoms with van der Waals surface area (Å²) >= 11 is 0. The molecule has 0 amide bonds. The van der Waals surface area contributed by atoms with E-state index in [2.05, 4.69) is 4.74 Å². The normalized spacial score (nSPS) is 27.1. The van der Waals surface area contributed by atoms with Crippen LogP contribution in [0.3, 0.4) is 0 Å². The average molecular weight is 202 g/mol. The monoisotopic (exact) mass is 202 g/mol. The van der Waals surface area contributed by atoms with Crippen LogP contribution in [0.5, 0.6) is 0 Å². The van der Waals surface area contributed by atoms with Crippen molar-refractivity contribution in [2.45, 2.75) is 0 Å². The Bertz CT molecular complexity index is 271. The Labute approximate surface area is 79.8 Å². The number of aliphatic carboxylic acids is 1. The summed E-state index contributed by atoms with van der Waals surface area (Å²) in [6, 6.07) is 0. The van der Waals surface area contributed by atoms with Crippen molar-refractivity contribution in [3.8, 4) is 0 Å². The van der Waals surface area contributed by atoms with Gasteiger partial charge in [0.05, 0.1) is 20.3 Å². The van der Waals surface area contributed by atoms with E-state index in [1.807, 2.05) is 0 Å². The van der Waals surface area contributed by atoms with Gasteiger partial charge in [-0.25, -0.2) is 0 Å². The van der Waals surface area contributed by atoms with Crippen LogP contribution in [-0.2, 0) is 23.9 Å². The summed E-state index contributed by atoms with van der Waals surface area (Å²) in [6.45, 7) is -0.281. The van der Waals surface area contributed by atoms with Crippen molar-refractivity contribution >= 4 is 17.7 Å². The van der Waals surface area contributed by atoms with Gasteiger partial charge in [0, 0.05) is 0 Å². The van der Waals surface area contributed by atoms with Crippen LogP contribution in [0.2, 0.25) is 0 Å². The third kappa shape index (κ3) is 1.90. The highest BCUT2D eigenvalue weighted by atomic mass is 16.5. The summed E-state index contributed by atoms with van der Waals surface area (Å²) in [5, 5.41) is 8.63. The van der Waals surface area contributed by atoms with E-state index in [-0.39, 0.29) is 13.2 Å².